The fourth-order valence-electron chi connectivity index (χ4n) is 3.70. The van der Waals surface area contributed by atoms with E-state index in [0.29, 0.717) is 12.3 Å². The Labute approximate surface area is 136 Å². The highest BCUT2D eigenvalue weighted by molar-refractivity contribution is 5.87. The first-order valence-electron chi connectivity index (χ1n) is 7.83. The van der Waals surface area contributed by atoms with E-state index in [4.69, 9.17) is 9.47 Å². The molecule has 23 heavy (non-hydrogen) atoms. The van der Waals surface area contributed by atoms with Crippen LogP contribution in [0.2, 0.25) is 0 Å². The van der Waals surface area contributed by atoms with Crippen molar-refractivity contribution in [3.05, 3.63) is 53.6 Å². The van der Waals surface area contributed by atoms with Crippen molar-refractivity contribution in [1.82, 2.24) is 9.55 Å². The molecule has 0 amide bonds. The highest BCUT2D eigenvalue weighted by atomic mass is 16.5. The summed E-state index contributed by atoms with van der Waals surface area (Å²) in [5.74, 6) is -0.379. The largest absolute Gasteiger partial charge is 0.464 e. The molecule has 0 fully saturated rings. The van der Waals surface area contributed by atoms with E-state index in [-0.39, 0.29) is 23.5 Å². The average Bonchev–Trinajstić information content (AvgIpc) is 3.08. The van der Waals surface area contributed by atoms with Crippen molar-refractivity contribution in [2.75, 3.05) is 13.7 Å². The first kappa shape index (κ1) is 15.7. The lowest BCUT2D eigenvalue weighted by atomic mass is 9.83. The molecule has 0 N–H and O–H groups in total. The van der Waals surface area contributed by atoms with Gasteiger partial charge in [0.2, 0.25) is 0 Å². The van der Waals surface area contributed by atoms with Gasteiger partial charge in [0.15, 0.2) is 0 Å². The summed E-state index contributed by atoms with van der Waals surface area (Å²) >= 11 is 0. The minimum Gasteiger partial charge on any atom is -0.464 e. The predicted molar refractivity (Wildman–Crippen MR) is 86.3 cm³/mol. The van der Waals surface area contributed by atoms with E-state index >= 15 is 0 Å². The van der Waals surface area contributed by atoms with Gasteiger partial charge in [-0.2, -0.15) is 0 Å². The maximum absolute atomic E-state index is 12.1. The van der Waals surface area contributed by atoms with Crippen molar-refractivity contribution in [1.29, 1.82) is 0 Å². The number of imidazole rings is 1. The number of ether oxygens (including phenoxy) is 2. The number of esters is 1. The highest BCUT2D eigenvalue weighted by Crippen LogP contribution is 2.56. The molecule has 0 radical (unpaired) electrons. The van der Waals surface area contributed by atoms with Crippen molar-refractivity contribution < 1.29 is 14.3 Å². The quantitative estimate of drug-likeness (QED) is 0.812. The molecule has 2 aromatic rings. The van der Waals surface area contributed by atoms with Crippen LogP contribution >= 0.6 is 0 Å². The van der Waals surface area contributed by atoms with Crippen LogP contribution in [0.4, 0.5) is 0 Å². The number of carbonyl (C=O) groups is 1. The predicted octanol–water partition coefficient (Wildman–Crippen LogP) is 3.38. The number of hydrogen-bond acceptors (Lipinski definition) is 4. The summed E-state index contributed by atoms with van der Waals surface area (Å²) in [6.07, 6.45) is 3.23. The first-order chi connectivity index (χ1) is 11.0. The summed E-state index contributed by atoms with van der Waals surface area (Å²) in [5.41, 5.74) is 2.58. The Bertz CT molecular complexity index is 721. The molecule has 0 bridgehead atoms. The first-order valence-corrected chi connectivity index (χ1v) is 7.83. The zero-order valence-corrected chi connectivity index (χ0v) is 13.9. The Balaban J connectivity index is 2.16. The molecule has 0 saturated heterocycles. The molecule has 122 valence electrons. The van der Waals surface area contributed by atoms with Gasteiger partial charge in [-0.05, 0) is 18.1 Å². The topological polar surface area (TPSA) is 53.4 Å². The van der Waals surface area contributed by atoms with E-state index < -0.39 is 0 Å². The second kappa shape index (κ2) is 5.81. The van der Waals surface area contributed by atoms with Crippen molar-refractivity contribution in [3.8, 4) is 0 Å². The second-order valence-electron chi connectivity index (χ2n) is 6.37. The van der Waals surface area contributed by atoms with Crippen LogP contribution in [0.1, 0.15) is 54.5 Å². The number of benzene rings is 1. The lowest BCUT2D eigenvalue weighted by Crippen LogP contribution is -2.30. The molecule has 0 saturated carbocycles. The third-order valence-corrected chi connectivity index (χ3v) is 4.63. The zero-order chi connectivity index (χ0) is 16.6. The monoisotopic (exact) mass is 314 g/mol. The summed E-state index contributed by atoms with van der Waals surface area (Å²) in [5, 5.41) is 0. The van der Waals surface area contributed by atoms with E-state index in [2.05, 4.69) is 31.0 Å². The van der Waals surface area contributed by atoms with Crippen LogP contribution in [0.5, 0.6) is 0 Å². The number of rotatable bonds is 4. The molecule has 5 heteroatoms. The maximum Gasteiger partial charge on any atom is 0.356 e. The Hall–Kier alpha value is -2.14. The van der Waals surface area contributed by atoms with Crippen LogP contribution in [0.15, 0.2) is 36.8 Å². The van der Waals surface area contributed by atoms with E-state index in [1.807, 2.05) is 23.6 Å². The molecule has 3 rings (SSSR count). The van der Waals surface area contributed by atoms with Gasteiger partial charge in [-0.15, -0.1) is 0 Å². The Morgan fingerprint density at radius 3 is 2.65 bits per heavy atom. The molecule has 1 aromatic heterocycles. The maximum atomic E-state index is 12.1. The molecule has 2 unspecified atom stereocenters. The van der Waals surface area contributed by atoms with Crippen LogP contribution in [0.3, 0.4) is 0 Å². The minimum absolute atomic E-state index is 0.0263. The Morgan fingerprint density at radius 2 is 2.00 bits per heavy atom. The Morgan fingerprint density at radius 1 is 1.30 bits per heavy atom. The number of aromatic nitrogens is 2. The molecule has 2 atom stereocenters. The molecule has 5 nitrogen and oxygen atoms in total. The molecule has 0 spiro atoms. The van der Waals surface area contributed by atoms with Crippen molar-refractivity contribution in [2.24, 2.45) is 5.41 Å². The lowest BCUT2D eigenvalue weighted by Gasteiger charge is -2.34. The van der Waals surface area contributed by atoms with E-state index in [9.17, 15) is 4.79 Å². The molecule has 1 aliphatic carbocycles. The van der Waals surface area contributed by atoms with Crippen LogP contribution in [0.25, 0.3) is 0 Å². The van der Waals surface area contributed by atoms with Gasteiger partial charge in [0.25, 0.3) is 0 Å². The zero-order valence-electron chi connectivity index (χ0n) is 13.9. The SMILES string of the molecule is CCOC1c2ccccc2C(n2cncc2C(=O)OC)C1(C)C. The van der Waals surface area contributed by atoms with Crippen LogP contribution in [-0.4, -0.2) is 29.2 Å². The molecule has 1 aliphatic rings. The molecule has 0 aliphatic heterocycles. The van der Waals surface area contributed by atoms with Crippen molar-refractivity contribution in [3.63, 3.8) is 0 Å². The average molecular weight is 314 g/mol. The fourth-order valence-corrected chi connectivity index (χ4v) is 3.70. The third-order valence-electron chi connectivity index (χ3n) is 4.63. The number of carbonyl (C=O) groups excluding carboxylic acids is 1. The third kappa shape index (κ3) is 2.36. The van der Waals surface area contributed by atoms with Crippen molar-refractivity contribution >= 4 is 5.97 Å². The minimum atomic E-state index is -0.379. The Kier molecular flexibility index (Phi) is 3.98. The molecular weight excluding hydrogens is 292 g/mol. The number of nitrogens with zero attached hydrogens (tertiary/aromatic N) is 2. The summed E-state index contributed by atoms with van der Waals surface area (Å²) < 4.78 is 12.9. The standard InChI is InChI=1S/C18H22N2O3/c1-5-23-16-13-9-7-6-8-12(13)15(18(16,2)3)20-11-19-10-14(20)17(21)22-4/h6-11,15-16H,5H2,1-4H3. The van der Waals surface area contributed by atoms with Gasteiger partial charge >= 0.3 is 5.97 Å². The normalized spacial score (nSPS) is 21.9. The van der Waals surface area contributed by atoms with Crippen LogP contribution < -0.4 is 0 Å². The van der Waals surface area contributed by atoms with Gasteiger partial charge < -0.3 is 14.0 Å². The second-order valence-corrected chi connectivity index (χ2v) is 6.37. The summed E-state index contributed by atoms with van der Waals surface area (Å²) in [6, 6.07) is 8.21. The number of hydrogen-bond donors (Lipinski definition) is 0. The van der Waals surface area contributed by atoms with Crippen LogP contribution in [-0.2, 0) is 9.47 Å². The summed E-state index contributed by atoms with van der Waals surface area (Å²) in [6.45, 7) is 6.98. The number of methoxy groups -OCH3 is 1. The highest BCUT2D eigenvalue weighted by Gasteiger charge is 2.49. The van der Waals surface area contributed by atoms with E-state index in [1.54, 1.807) is 12.5 Å². The van der Waals surface area contributed by atoms with Crippen LogP contribution in [0, 0.1) is 5.41 Å². The molecular formula is C18H22N2O3. The lowest BCUT2D eigenvalue weighted by molar-refractivity contribution is -0.0248. The van der Waals surface area contributed by atoms with E-state index in [0.717, 1.165) is 0 Å². The van der Waals surface area contributed by atoms with Gasteiger partial charge in [-0.3, -0.25) is 0 Å². The van der Waals surface area contributed by atoms with Gasteiger partial charge in [-0.1, -0.05) is 38.1 Å². The summed E-state index contributed by atoms with van der Waals surface area (Å²) in [4.78, 5) is 16.2. The van der Waals surface area contributed by atoms with Gasteiger partial charge in [-0.25, -0.2) is 9.78 Å². The smallest absolute Gasteiger partial charge is 0.356 e. The number of fused-ring (bicyclic) bond motifs is 1. The molecule has 1 aromatic carbocycles. The van der Waals surface area contributed by atoms with Gasteiger partial charge in [0.1, 0.15) is 5.69 Å². The van der Waals surface area contributed by atoms with Crippen molar-refractivity contribution in [2.45, 2.75) is 32.9 Å². The van der Waals surface area contributed by atoms with Gasteiger partial charge in [0.05, 0.1) is 31.8 Å². The van der Waals surface area contributed by atoms with Gasteiger partial charge in [0, 0.05) is 12.0 Å². The van der Waals surface area contributed by atoms with E-state index in [1.165, 1.54) is 18.2 Å². The molecule has 1 heterocycles. The fraction of sp³-hybridized carbons (Fsp3) is 0.444. The summed E-state index contributed by atoms with van der Waals surface area (Å²) in [7, 11) is 1.39.